The summed E-state index contributed by atoms with van der Waals surface area (Å²) in [5.41, 5.74) is 3.41. The molecule has 1 aliphatic rings. The second kappa shape index (κ2) is 9.12. The van der Waals surface area contributed by atoms with Crippen LogP contribution in [0, 0.1) is 6.92 Å². The highest BCUT2D eigenvalue weighted by Crippen LogP contribution is 2.32. The Morgan fingerprint density at radius 1 is 1.29 bits per heavy atom. The Bertz CT molecular complexity index is 1150. The van der Waals surface area contributed by atoms with E-state index in [0.717, 1.165) is 43.3 Å². The van der Waals surface area contributed by atoms with Crippen LogP contribution in [0.25, 0.3) is 0 Å². The van der Waals surface area contributed by atoms with Crippen LogP contribution < -0.4 is 9.62 Å². The van der Waals surface area contributed by atoms with Crippen LogP contribution in [0.2, 0.25) is 5.02 Å². The Balaban J connectivity index is 1.43. The number of aromatic nitrogens is 2. The van der Waals surface area contributed by atoms with Gasteiger partial charge in [-0.05, 0) is 37.1 Å². The maximum atomic E-state index is 12.6. The fraction of sp³-hybridized carbons (Fsp3) is 0.333. The molecule has 31 heavy (non-hydrogen) atoms. The second-order valence-electron chi connectivity index (χ2n) is 7.78. The number of sulfonamides is 1. The van der Waals surface area contributed by atoms with Gasteiger partial charge in [0.2, 0.25) is 0 Å². The molecule has 7 nitrogen and oxygen atoms in total. The SMILES string of the molecule is Cc1cccc(CN2CC[C@H](N(C)c3ccc(S(=O)(=O)Nc4cnns4)cc3Cl)C2)c1. The van der Waals surface area contributed by atoms with E-state index in [1.807, 2.05) is 7.05 Å². The quantitative estimate of drug-likeness (QED) is 0.554. The van der Waals surface area contributed by atoms with E-state index in [0.29, 0.717) is 16.1 Å². The summed E-state index contributed by atoms with van der Waals surface area (Å²) in [7, 11) is -1.73. The molecule has 2 heterocycles. The number of nitrogens with zero attached hydrogens (tertiary/aromatic N) is 4. The third-order valence-electron chi connectivity index (χ3n) is 5.49. The van der Waals surface area contributed by atoms with Crippen molar-refractivity contribution in [2.24, 2.45) is 0 Å². The van der Waals surface area contributed by atoms with Gasteiger partial charge in [0.1, 0.15) is 5.00 Å². The molecule has 0 bridgehead atoms. The molecule has 10 heteroatoms. The van der Waals surface area contributed by atoms with Crippen molar-refractivity contribution in [3.05, 3.63) is 64.8 Å². The normalized spacial score (nSPS) is 17.1. The molecular formula is C21H24ClN5O2S2. The number of nitrogens with one attached hydrogen (secondary N) is 1. The third kappa shape index (κ3) is 5.17. The standard InChI is InChI=1S/C21H24ClN5O2S2/c1-15-4-3-5-16(10-15)13-27-9-8-17(14-27)26(2)20-7-6-18(11-19(20)22)31(28,29)24-21-12-23-25-30-21/h3-7,10-12,17,24H,8-9,13-14H2,1-2H3/t17-/m0/s1. The van der Waals surface area contributed by atoms with Crippen LogP contribution in [0.15, 0.2) is 53.6 Å². The monoisotopic (exact) mass is 477 g/mol. The lowest BCUT2D eigenvalue weighted by molar-refractivity contribution is 0.326. The Morgan fingerprint density at radius 3 is 2.84 bits per heavy atom. The minimum absolute atomic E-state index is 0.107. The molecule has 1 aliphatic heterocycles. The number of aryl methyl sites for hydroxylation is 1. The number of hydrogen-bond acceptors (Lipinski definition) is 7. The molecule has 1 N–H and O–H groups in total. The van der Waals surface area contributed by atoms with Crippen molar-refractivity contribution < 1.29 is 8.42 Å². The molecule has 0 aliphatic carbocycles. The third-order valence-corrected chi connectivity index (χ3v) is 7.86. The lowest BCUT2D eigenvalue weighted by atomic mass is 10.1. The van der Waals surface area contributed by atoms with Gasteiger partial charge in [-0.1, -0.05) is 45.9 Å². The smallest absolute Gasteiger partial charge is 0.262 e. The van der Waals surface area contributed by atoms with Crippen LogP contribution >= 0.6 is 23.1 Å². The highest BCUT2D eigenvalue weighted by Gasteiger charge is 2.27. The van der Waals surface area contributed by atoms with E-state index >= 15 is 0 Å². The molecule has 3 aromatic rings. The molecule has 0 unspecified atom stereocenters. The first-order valence-electron chi connectivity index (χ1n) is 9.92. The van der Waals surface area contributed by atoms with E-state index in [2.05, 4.69) is 55.3 Å². The maximum absolute atomic E-state index is 12.6. The van der Waals surface area contributed by atoms with E-state index in [-0.39, 0.29) is 4.90 Å². The minimum atomic E-state index is -3.74. The molecular weight excluding hydrogens is 454 g/mol. The van der Waals surface area contributed by atoms with Gasteiger partial charge in [0, 0.05) is 44.3 Å². The topological polar surface area (TPSA) is 78.4 Å². The molecule has 2 aromatic carbocycles. The summed E-state index contributed by atoms with van der Waals surface area (Å²) < 4.78 is 31.3. The van der Waals surface area contributed by atoms with Gasteiger partial charge >= 0.3 is 0 Å². The Labute approximate surface area is 191 Å². The lowest BCUT2D eigenvalue weighted by Crippen LogP contribution is -2.34. The van der Waals surface area contributed by atoms with Gasteiger partial charge in [0.05, 0.1) is 21.8 Å². The number of rotatable bonds is 7. The number of likely N-dealkylation sites (N-methyl/N-ethyl adjacent to an activating group) is 1. The van der Waals surface area contributed by atoms with Crippen LogP contribution in [0.1, 0.15) is 17.5 Å². The van der Waals surface area contributed by atoms with E-state index in [9.17, 15) is 8.42 Å². The summed E-state index contributed by atoms with van der Waals surface area (Å²) in [4.78, 5) is 4.70. The zero-order chi connectivity index (χ0) is 22.0. The predicted molar refractivity (Wildman–Crippen MR) is 125 cm³/mol. The van der Waals surface area contributed by atoms with E-state index in [1.54, 1.807) is 12.1 Å². The fourth-order valence-corrected chi connectivity index (χ4v) is 5.97. The summed E-state index contributed by atoms with van der Waals surface area (Å²) in [6.07, 6.45) is 2.40. The summed E-state index contributed by atoms with van der Waals surface area (Å²) in [5.74, 6) is 0. The first-order valence-corrected chi connectivity index (χ1v) is 12.6. The lowest BCUT2D eigenvalue weighted by Gasteiger charge is -2.28. The van der Waals surface area contributed by atoms with Gasteiger partial charge in [-0.25, -0.2) is 8.42 Å². The van der Waals surface area contributed by atoms with Crippen LogP contribution in [0.4, 0.5) is 10.7 Å². The van der Waals surface area contributed by atoms with Crippen LogP contribution in [-0.2, 0) is 16.6 Å². The van der Waals surface area contributed by atoms with Crippen molar-refractivity contribution in [2.75, 3.05) is 29.8 Å². The Morgan fingerprint density at radius 2 is 2.13 bits per heavy atom. The Kier molecular flexibility index (Phi) is 6.47. The van der Waals surface area contributed by atoms with E-state index < -0.39 is 10.0 Å². The molecule has 1 fully saturated rings. The summed E-state index contributed by atoms with van der Waals surface area (Å²) in [6, 6.07) is 13.7. The van der Waals surface area contributed by atoms with Crippen LogP contribution in [-0.4, -0.2) is 49.1 Å². The highest BCUT2D eigenvalue weighted by molar-refractivity contribution is 7.93. The van der Waals surface area contributed by atoms with Gasteiger partial charge in [0.15, 0.2) is 0 Å². The Hall–Kier alpha value is -2.20. The highest BCUT2D eigenvalue weighted by atomic mass is 35.5. The molecule has 164 valence electrons. The summed E-state index contributed by atoms with van der Waals surface area (Å²) in [6.45, 7) is 4.98. The van der Waals surface area contributed by atoms with Gasteiger partial charge in [0.25, 0.3) is 10.0 Å². The molecule has 4 rings (SSSR count). The largest absolute Gasteiger partial charge is 0.369 e. The molecule has 0 saturated carbocycles. The second-order valence-corrected chi connectivity index (χ2v) is 10.7. The van der Waals surface area contributed by atoms with Crippen molar-refractivity contribution in [1.29, 1.82) is 0 Å². The number of halogens is 1. The maximum Gasteiger partial charge on any atom is 0.262 e. The first-order chi connectivity index (χ1) is 14.8. The first kappa shape index (κ1) is 22.0. The molecule has 1 atom stereocenters. The molecule has 0 spiro atoms. The molecule has 1 saturated heterocycles. The van der Waals surface area contributed by atoms with Crippen molar-refractivity contribution in [1.82, 2.24) is 14.5 Å². The zero-order valence-electron chi connectivity index (χ0n) is 17.3. The number of anilines is 2. The van der Waals surface area contributed by atoms with Crippen molar-refractivity contribution in [3.8, 4) is 0 Å². The van der Waals surface area contributed by atoms with Crippen molar-refractivity contribution in [2.45, 2.75) is 30.8 Å². The summed E-state index contributed by atoms with van der Waals surface area (Å²) >= 11 is 7.48. The fourth-order valence-electron chi connectivity index (χ4n) is 3.88. The van der Waals surface area contributed by atoms with Gasteiger partial charge in [-0.2, -0.15) is 0 Å². The van der Waals surface area contributed by atoms with Gasteiger partial charge in [-0.15, -0.1) is 5.10 Å². The molecule has 1 aromatic heterocycles. The average Bonchev–Trinajstić information content (AvgIpc) is 3.39. The predicted octanol–water partition coefficient (Wildman–Crippen LogP) is 4.01. The zero-order valence-corrected chi connectivity index (χ0v) is 19.7. The molecule has 0 amide bonds. The molecule has 0 radical (unpaired) electrons. The minimum Gasteiger partial charge on any atom is -0.369 e. The van der Waals surface area contributed by atoms with Crippen molar-refractivity contribution >= 4 is 43.8 Å². The number of likely N-dealkylation sites (tertiary alicyclic amines) is 1. The average molecular weight is 478 g/mol. The number of hydrogen-bond donors (Lipinski definition) is 1. The van der Waals surface area contributed by atoms with Crippen molar-refractivity contribution in [3.63, 3.8) is 0 Å². The van der Waals surface area contributed by atoms with Gasteiger partial charge in [-0.3, -0.25) is 9.62 Å². The number of benzene rings is 2. The summed E-state index contributed by atoms with van der Waals surface area (Å²) in [5, 5.41) is 4.41. The van der Waals surface area contributed by atoms with Crippen LogP contribution in [0.3, 0.4) is 0 Å². The van der Waals surface area contributed by atoms with Crippen LogP contribution in [0.5, 0.6) is 0 Å². The van der Waals surface area contributed by atoms with E-state index in [4.69, 9.17) is 11.6 Å². The van der Waals surface area contributed by atoms with E-state index in [1.165, 1.54) is 23.4 Å². The van der Waals surface area contributed by atoms with Gasteiger partial charge < -0.3 is 4.90 Å².